The third-order valence-electron chi connectivity index (χ3n) is 3.94. The number of carbonyl (C=O) groups excluding carboxylic acids is 1. The highest BCUT2D eigenvalue weighted by molar-refractivity contribution is 7.92. The van der Waals surface area contributed by atoms with E-state index in [4.69, 9.17) is 4.74 Å². The molecule has 1 heterocycles. The van der Waals surface area contributed by atoms with Crippen LogP contribution >= 0.6 is 0 Å². The van der Waals surface area contributed by atoms with Gasteiger partial charge < -0.3 is 4.74 Å². The van der Waals surface area contributed by atoms with E-state index in [9.17, 15) is 23.3 Å². The normalized spacial score (nSPS) is 14.2. The van der Waals surface area contributed by atoms with Gasteiger partial charge in [-0.05, 0) is 25.1 Å². The zero-order chi connectivity index (χ0) is 18.9. The Morgan fingerprint density at radius 3 is 2.58 bits per heavy atom. The molecule has 1 N–H and O–H groups in total. The van der Waals surface area contributed by atoms with Crippen LogP contribution in [-0.2, 0) is 14.8 Å². The first-order chi connectivity index (χ1) is 12.3. The zero-order valence-electron chi connectivity index (χ0n) is 13.7. The van der Waals surface area contributed by atoms with Gasteiger partial charge in [0.2, 0.25) is 0 Å². The Kier molecular flexibility index (Phi) is 4.51. The molecule has 2 aromatic carbocycles. The topological polar surface area (TPSA) is 119 Å². The number of hydrogen-bond acceptors (Lipinski definition) is 6. The molecular weight excluding hydrogens is 362 g/mol. The summed E-state index contributed by atoms with van der Waals surface area (Å²) in [5, 5.41) is 11.1. The third-order valence-corrected chi connectivity index (χ3v) is 5.45. The molecule has 0 bridgehead atoms. The summed E-state index contributed by atoms with van der Waals surface area (Å²) < 4.78 is 32.8. The number of rotatable bonds is 5. The summed E-state index contributed by atoms with van der Waals surface area (Å²) in [5.41, 5.74) is 0.270. The van der Waals surface area contributed by atoms with Gasteiger partial charge in [0.1, 0.15) is 6.61 Å². The lowest BCUT2D eigenvalue weighted by Gasteiger charge is -2.18. The SMILES string of the molecule is Cc1c([N+](=O)[O-])cccc1S(=O)(=O)Nc1ccccc1N1CCOC1=O. The molecule has 1 amide bonds. The number of sulfonamides is 1. The van der Waals surface area contributed by atoms with Gasteiger partial charge in [-0.1, -0.05) is 18.2 Å². The first-order valence-corrected chi connectivity index (χ1v) is 9.10. The number of nitrogens with zero attached hydrogens (tertiary/aromatic N) is 2. The van der Waals surface area contributed by atoms with Crippen LogP contribution in [0.4, 0.5) is 21.9 Å². The maximum atomic E-state index is 12.8. The van der Waals surface area contributed by atoms with Crippen LogP contribution in [0.15, 0.2) is 47.4 Å². The standard InChI is InChI=1S/C16H15N3O6S/c1-11-13(19(21)22)7-4-8-15(11)26(23,24)17-12-5-2-3-6-14(12)18-9-10-25-16(18)20/h2-8,17H,9-10H2,1H3. The van der Waals surface area contributed by atoms with Gasteiger partial charge in [-0.15, -0.1) is 0 Å². The van der Waals surface area contributed by atoms with Crippen molar-refractivity contribution in [1.29, 1.82) is 0 Å². The minimum absolute atomic E-state index is 0.0306. The lowest BCUT2D eigenvalue weighted by atomic mass is 10.2. The first-order valence-electron chi connectivity index (χ1n) is 7.61. The van der Waals surface area contributed by atoms with Gasteiger partial charge in [0.25, 0.3) is 15.7 Å². The summed E-state index contributed by atoms with van der Waals surface area (Å²) in [7, 11) is -4.10. The number of hydrogen-bond donors (Lipinski definition) is 1. The summed E-state index contributed by atoms with van der Waals surface area (Å²) in [6.45, 7) is 1.88. The number of ether oxygens (including phenoxy) is 1. The second kappa shape index (κ2) is 6.64. The first kappa shape index (κ1) is 17.7. The molecule has 0 aliphatic carbocycles. The van der Waals surface area contributed by atoms with E-state index in [1.165, 1.54) is 36.1 Å². The minimum atomic E-state index is -4.10. The lowest BCUT2D eigenvalue weighted by molar-refractivity contribution is -0.385. The van der Waals surface area contributed by atoms with Crippen LogP contribution < -0.4 is 9.62 Å². The van der Waals surface area contributed by atoms with Crippen LogP contribution in [0.25, 0.3) is 0 Å². The second-order valence-corrected chi connectivity index (χ2v) is 7.20. The molecule has 136 valence electrons. The smallest absolute Gasteiger partial charge is 0.414 e. The Hall–Kier alpha value is -3.14. The molecule has 10 heteroatoms. The number of anilines is 2. The molecule has 1 aliphatic rings. The van der Waals surface area contributed by atoms with E-state index in [1.54, 1.807) is 18.2 Å². The molecule has 0 radical (unpaired) electrons. The summed E-state index contributed by atoms with van der Waals surface area (Å²) in [5.74, 6) is 0. The van der Waals surface area contributed by atoms with Gasteiger partial charge in [0.15, 0.2) is 0 Å². The highest BCUT2D eigenvalue weighted by Crippen LogP contribution is 2.31. The number of para-hydroxylation sites is 2. The highest BCUT2D eigenvalue weighted by atomic mass is 32.2. The molecule has 0 aromatic heterocycles. The number of nitro benzene ring substituents is 1. The lowest BCUT2D eigenvalue weighted by Crippen LogP contribution is -2.25. The Morgan fingerprint density at radius 2 is 1.92 bits per heavy atom. The predicted molar refractivity (Wildman–Crippen MR) is 93.8 cm³/mol. The van der Waals surface area contributed by atoms with Gasteiger partial charge >= 0.3 is 6.09 Å². The quantitative estimate of drug-likeness (QED) is 0.632. The van der Waals surface area contributed by atoms with Crippen LogP contribution in [-0.4, -0.2) is 32.6 Å². The van der Waals surface area contributed by atoms with Crippen molar-refractivity contribution in [3.8, 4) is 0 Å². The third kappa shape index (κ3) is 3.18. The molecule has 1 fully saturated rings. The van der Waals surface area contributed by atoms with E-state index in [0.29, 0.717) is 12.2 Å². The van der Waals surface area contributed by atoms with Crippen molar-refractivity contribution < 1.29 is 22.9 Å². The van der Waals surface area contributed by atoms with Crippen molar-refractivity contribution in [2.75, 3.05) is 22.8 Å². The Balaban J connectivity index is 2.01. The number of nitrogens with one attached hydrogen (secondary N) is 1. The molecule has 3 rings (SSSR count). The fraction of sp³-hybridized carbons (Fsp3) is 0.188. The van der Waals surface area contributed by atoms with E-state index in [0.717, 1.165) is 0 Å². The number of amides is 1. The second-order valence-electron chi connectivity index (χ2n) is 5.55. The van der Waals surface area contributed by atoms with E-state index >= 15 is 0 Å². The van der Waals surface area contributed by atoms with Gasteiger partial charge in [-0.2, -0.15) is 0 Å². The maximum Gasteiger partial charge on any atom is 0.414 e. The summed E-state index contributed by atoms with van der Waals surface area (Å²) in [6, 6.07) is 10.2. The molecule has 1 saturated heterocycles. The summed E-state index contributed by atoms with van der Waals surface area (Å²) in [4.78, 5) is 23.3. The van der Waals surface area contributed by atoms with Crippen molar-refractivity contribution in [2.45, 2.75) is 11.8 Å². The largest absolute Gasteiger partial charge is 0.447 e. The summed E-state index contributed by atoms with van der Waals surface area (Å²) in [6.07, 6.45) is -0.567. The number of cyclic esters (lactones) is 1. The van der Waals surface area contributed by atoms with Crippen LogP contribution in [0.5, 0.6) is 0 Å². The molecule has 0 atom stereocenters. The predicted octanol–water partition coefficient (Wildman–Crippen LogP) is 2.66. The van der Waals surface area contributed by atoms with Crippen LogP contribution in [0.1, 0.15) is 5.56 Å². The average molecular weight is 377 g/mol. The van der Waals surface area contributed by atoms with Crippen molar-refractivity contribution in [3.05, 3.63) is 58.1 Å². The molecule has 1 aliphatic heterocycles. The van der Waals surface area contributed by atoms with Crippen LogP contribution in [0.3, 0.4) is 0 Å². The molecule has 26 heavy (non-hydrogen) atoms. The monoisotopic (exact) mass is 377 g/mol. The van der Waals surface area contributed by atoms with Crippen molar-refractivity contribution in [3.63, 3.8) is 0 Å². The molecule has 0 saturated carbocycles. The summed E-state index contributed by atoms with van der Waals surface area (Å²) >= 11 is 0. The highest BCUT2D eigenvalue weighted by Gasteiger charge is 2.28. The van der Waals surface area contributed by atoms with E-state index in [-0.39, 0.29) is 28.4 Å². The number of benzene rings is 2. The maximum absolute atomic E-state index is 12.8. The molecule has 2 aromatic rings. The van der Waals surface area contributed by atoms with E-state index in [1.807, 2.05) is 0 Å². The fourth-order valence-corrected chi connectivity index (χ4v) is 4.04. The minimum Gasteiger partial charge on any atom is -0.447 e. The van der Waals surface area contributed by atoms with E-state index < -0.39 is 21.0 Å². The number of nitro groups is 1. The Bertz CT molecular complexity index is 989. The van der Waals surface area contributed by atoms with Crippen LogP contribution in [0.2, 0.25) is 0 Å². The van der Waals surface area contributed by atoms with E-state index in [2.05, 4.69) is 4.72 Å². The molecular formula is C16H15N3O6S. The zero-order valence-corrected chi connectivity index (χ0v) is 14.5. The van der Waals surface area contributed by atoms with Crippen LogP contribution in [0, 0.1) is 17.0 Å². The van der Waals surface area contributed by atoms with Crippen molar-refractivity contribution in [1.82, 2.24) is 0 Å². The molecule has 9 nitrogen and oxygen atoms in total. The molecule has 0 unspecified atom stereocenters. The van der Waals surface area contributed by atoms with Crippen molar-refractivity contribution >= 4 is 33.2 Å². The van der Waals surface area contributed by atoms with Crippen molar-refractivity contribution in [2.24, 2.45) is 0 Å². The average Bonchev–Trinajstić information content (AvgIpc) is 3.00. The molecule has 0 spiro atoms. The van der Waals surface area contributed by atoms with Gasteiger partial charge in [0, 0.05) is 11.6 Å². The van der Waals surface area contributed by atoms with Gasteiger partial charge in [-0.3, -0.25) is 19.7 Å². The van der Waals surface area contributed by atoms with Gasteiger partial charge in [0.05, 0.1) is 27.7 Å². The Labute approximate surface area is 149 Å². The fourth-order valence-electron chi connectivity index (χ4n) is 2.70. The number of carbonyl (C=O) groups is 1. The van der Waals surface area contributed by atoms with Gasteiger partial charge in [-0.25, -0.2) is 13.2 Å². The Morgan fingerprint density at radius 1 is 1.19 bits per heavy atom.